The number of halogens is 1. The van der Waals surface area contributed by atoms with Gasteiger partial charge in [-0.15, -0.1) is 0 Å². The van der Waals surface area contributed by atoms with E-state index in [0.29, 0.717) is 13.2 Å². The lowest BCUT2D eigenvalue weighted by Gasteiger charge is -2.07. The summed E-state index contributed by atoms with van der Waals surface area (Å²) in [6.07, 6.45) is 1.75. The topological polar surface area (TPSA) is 42.8 Å². The minimum Gasteiger partial charge on any atom is -0.496 e. The molecule has 4 nitrogen and oxygen atoms in total. The quantitative estimate of drug-likeness (QED) is 0.471. The van der Waals surface area contributed by atoms with E-state index in [4.69, 9.17) is 9.47 Å². The van der Waals surface area contributed by atoms with Crippen LogP contribution in [0.15, 0.2) is 77.9 Å². The molecule has 0 amide bonds. The van der Waals surface area contributed by atoms with Crippen LogP contribution in [0.25, 0.3) is 0 Å². The van der Waals surface area contributed by atoms with Gasteiger partial charge in [0.05, 0.1) is 19.9 Å². The molecule has 0 atom stereocenters. The summed E-state index contributed by atoms with van der Waals surface area (Å²) in [6, 6.07) is 21.7. The summed E-state index contributed by atoms with van der Waals surface area (Å²) in [4.78, 5) is 0. The second-order valence-electron chi connectivity index (χ2n) is 5.89. The van der Waals surface area contributed by atoms with Crippen LogP contribution in [-0.2, 0) is 13.2 Å². The molecule has 0 radical (unpaired) electrons. The van der Waals surface area contributed by atoms with Gasteiger partial charge in [0.15, 0.2) is 0 Å². The molecule has 3 aromatic carbocycles. The van der Waals surface area contributed by atoms with E-state index in [9.17, 15) is 4.39 Å². The van der Waals surface area contributed by atoms with Crippen molar-refractivity contribution in [3.8, 4) is 11.5 Å². The van der Waals surface area contributed by atoms with Crippen LogP contribution in [0, 0.1) is 5.82 Å². The Labute approximate surface area is 158 Å². The Morgan fingerprint density at radius 3 is 2.44 bits per heavy atom. The molecule has 27 heavy (non-hydrogen) atoms. The Kier molecular flexibility index (Phi) is 6.41. The van der Waals surface area contributed by atoms with Crippen LogP contribution in [-0.4, -0.2) is 13.3 Å². The number of ether oxygens (including phenoxy) is 2. The first kappa shape index (κ1) is 18.5. The van der Waals surface area contributed by atoms with Crippen molar-refractivity contribution < 1.29 is 13.9 Å². The van der Waals surface area contributed by atoms with Crippen LogP contribution >= 0.6 is 0 Å². The van der Waals surface area contributed by atoms with Crippen LogP contribution in [0.3, 0.4) is 0 Å². The Morgan fingerprint density at radius 1 is 0.963 bits per heavy atom. The fourth-order valence-corrected chi connectivity index (χ4v) is 2.50. The maximum Gasteiger partial charge on any atom is 0.123 e. The summed E-state index contributed by atoms with van der Waals surface area (Å²) in [5, 5.41) is 4.24. The molecule has 0 saturated carbocycles. The van der Waals surface area contributed by atoms with Crippen LogP contribution in [0.2, 0.25) is 0 Å². The Bertz CT molecular complexity index is 878. The van der Waals surface area contributed by atoms with Crippen LogP contribution in [0.1, 0.15) is 16.7 Å². The van der Waals surface area contributed by atoms with E-state index in [1.807, 2.05) is 48.5 Å². The third-order valence-electron chi connectivity index (χ3n) is 3.97. The average molecular weight is 364 g/mol. The molecule has 0 spiro atoms. The molecule has 0 saturated heterocycles. The first-order valence-electron chi connectivity index (χ1n) is 8.60. The van der Waals surface area contributed by atoms with Gasteiger partial charge in [0.25, 0.3) is 0 Å². The van der Waals surface area contributed by atoms with Gasteiger partial charge in [0, 0.05) is 5.56 Å². The molecule has 0 heterocycles. The van der Waals surface area contributed by atoms with Gasteiger partial charge in [0.1, 0.15) is 23.9 Å². The zero-order chi connectivity index (χ0) is 18.9. The number of methoxy groups -OCH3 is 1. The molecule has 3 rings (SSSR count). The van der Waals surface area contributed by atoms with Gasteiger partial charge in [-0.3, -0.25) is 0 Å². The first-order chi connectivity index (χ1) is 13.2. The summed E-state index contributed by atoms with van der Waals surface area (Å²) in [5.41, 5.74) is 5.94. The van der Waals surface area contributed by atoms with E-state index in [1.165, 1.54) is 12.1 Å². The van der Waals surface area contributed by atoms with Crippen molar-refractivity contribution in [1.82, 2.24) is 5.43 Å². The number of nitrogens with zero attached hydrogens (tertiary/aromatic N) is 1. The summed E-state index contributed by atoms with van der Waals surface area (Å²) in [5.74, 6) is 1.34. The van der Waals surface area contributed by atoms with E-state index < -0.39 is 0 Å². The zero-order valence-corrected chi connectivity index (χ0v) is 15.1. The predicted octanol–water partition coefficient (Wildman–Crippen LogP) is 4.54. The lowest BCUT2D eigenvalue weighted by atomic mass is 10.2. The van der Waals surface area contributed by atoms with Gasteiger partial charge >= 0.3 is 0 Å². The van der Waals surface area contributed by atoms with Crippen molar-refractivity contribution in [2.75, 3.05) is 7.11 Å². The highest BCUT2D eigenvalue weighted by Crippen LogP contribution is 2.17. The van der Waals surface area contributed by atoms with Gasteiger partial charge in [-0.2, -0.15) is 5.10 Å². The molecule has 0 aliphatic heterocycles. The molecule has 138 valence electrons. The molecule has 0 bridgehead atoms. The summed E-state index contributed by atoms with van der Waals surface area (Å²) >= 11 is 0. The molecule has 1 N–H and O–H groups in total. The minimum absolute atomic E-state index is 0.248. The van der Waals surface area contributed by atoms with Crippen molar-refractivity contribution in [1.29, 1.82) is 0 Å². The first-order valence-corrected chi connectivity index (χ1v) is 8.60. The SMILES string of the molecule is COc1ccccc1CN/N=C/c1ccc(OCc2ccc(F)cc2)cc1. The molecular formula is C22H21FN2O2. The molecule has 3 aromatic rings. The largest absolute Gasteiger partial charge is 0.496 e. The van der Waals surface area contributed by atoms with E-state index in [-0.39, 0.29) is 5.82 Å². The minimum atomic E-state index is -0.248. The van der Waals surface area contributed by atoms with Gasteiger partial charge < -0.3 is 14.9 Å². The maximum atomic E-state index is 12.9. The molecular weight excluding hydrogens is 343 g/mol. The molecule has 0 aromatic heterocycles. The lowest BCUT2D eigenvalue weighted by Crippen LogP contribution is -2.06. The number of para-hydroxylation sites is 1. The number of hydrogen-bond donors (Lipinski definition) is 1. The number of hydrazone groups is 1. The third-order valence-corrected chi connectivity index (χ3v) is 3.97. The molecule has 0 unspecified atom stereocenters. The highest BCUT2D eigenvalue weighted by molar-refractivity contribution is 5.79. The molecule has 0 fully saturated rings. The fraction of sp³-hybridized carbons (Fsp3) is 0.136. The average Bonchev–Trinajstić information content (AvgIpc) is 2.72. The van der Waals surface area contributed by atoms with Crippen molar-refractivity contribution in [3.05, 3.63) is 95.3 Å². The maximum absolute atomic E-state index is 12.9. The van der Waals surface area contributed by atoms with Gasteiger partial charge in [0.2, 0.25) is 0 Å². The number of hydrogen-bond acceptors (Lipinski definition) is 4. The summed E-state index contributed by atoms with van der Waals surface area (Å²) in [6.45, 7) is 0.980. The van der Waals surface area contributed by atoms with Crippen LogP contribution < -0.4 is 14.9 Å². The van der Waals surface area contributed by atoms with Gasteiger partial charge in [-0.05, 0) is 53.6 Å². The summed E-state index contributed by atoms with van der Waals surface area (Å²) in [7, 11) is 1.65. The second kappa shape index (κ2) is 9.38. The second-order valence-corrected chi connectivity index (χ2v) is 5.89. The van der Waals surface area contributed by atoms with E-state index in [1.54, 1.807) is 25.5 Å². The van der Waals surface area contributed by atoms with Crippen LogP contribution in [0.4, 0.5) is 4.39 Å². The zero-order valence-electron chi connectivity index (χ0n) is 15.1. The Balaban J connectivity index is 1.48. The Morgan fingerprint density at radius 2 is 1.70 bits per heavy atom. The smallest absolute Gasteiger partial charge is 0.123 e. The Hall–Kier alpha value is -3.34. The number of rotatable bonds is 8. The van der Waals surface area contributed by atoms with Crippen molar-refractivity contribution >= 4 is 6.21 Å². The van der Waals surface area contributed by atoms with E-state index >= 15 is 0 Å². The normalized spacial score (nSPS) is 10.7. The van der Waals surface area contributed by atoms with Crippen molar-refractivity contribution in [2.45, 2.75) is 13.2 Å². The predicted molar refractivity (Wildman–Crippen MR) is 105 cm³/mol. The monoisotopic (exact) mass is 364 g/mol. The van der Waals surface area contributed by atoms with E-state index in [2.05, 4.69) is 10.5 Å². The number of benzene rings is 3. The number of nitrogens with one attached hydrogen (secondary N) is 1. The molecule has 0 aliphatic rings. The molecule has 0 aliphatic carbocycles. The third kappa shape index (κ3) is 5.57. The molecule has 5 heteroatoms. The van der Waals surface area contributed by atoms with Gasteiger partial charge in [-0.1, -0.05) is 30.3 Å². The highest BCUT2D eigenvalue weighted by Gasteiger charge is 2.00. The lowest BCUT2D eigenvalue weighted by molar-refractivity contribution is 0.306. The highest BCUT2D eigenvalue weighted by atomic mass is 19.1. The standard InChI is InChI=1S/C22H21FN2O2/c1-26-22-5-3-2-4-19(22)15-25-24-14-17-8-12-21(13-9-17)27-16-18-6-10-20(23)11-7-18/h2-14,25H,15-16H2,1H3/b24-14+. The van der Waals surface area contributed by atoms with Crippen molar-refractivity contribution in [2.24, 2.45) is 5.10 Å². The van der Waals surface area contributed by atoms with Crippen molar-refractivity contribution in [3.63, 3.8) is 0 Å². The van der Waals surface area contributed by atoms with Gasteiger partial charge in [-0.25, -0.2) is 4.39 Å². The van der Waals surface area contributed by atoms with E-state index in [0.717, 1.165) is 28.2 Å². The summed E-state index contributed by atoms with van der Waals surface area (Å²) < 4.78 is 23.9. The fourth-order valence-electron chi connectivity index (χ4n) is 2.50. The van der Waals surface area contributed by atoms with Crippen LogP contribution in [0.5, 0.6) is 11.5 Å².